The second-order valence-electron chi connectivity index (χ2n) is 2.87. The van der Waals surface area contributed by atoms with Gasteiger partial charge >= 0.3 is 0 Å². The van der Waals surface area contributed by atoms with Crippen LogP contribution in [0.2, 0.25) is 0 Å². The maximum Gasteiger partial charge on any atom is 0.194 e. The maximum absolute atomic E-state index is 5.25. The molecule has 0 radical (unpaired) electrons. The third kappa shape index (κ3) is 1.97. The Labute approximate surface area is 95.6 Å². The first-order valence-corrected chi connectivity index (χ1v) is 5.48. The molecule has 0 aliphatic heterocycles. The van der Waals surface area contributed by atoms with Crippen molar-refractivity contribution in [3.63, 3.8) is 0 Å². The normalized spacial score (nSPS) is 11.3. The van der Waals surface area contributed by atoms with Gasteiger partial charge < -0.3 is 5.73 Å². The van der Waals surface area contributed by atoms with Gasteiger partial charge in [-0.05, 0) is 19.1 Å². The molecule has 0 fully saturated rings. The molecule has 0 aliphatic rings. The first-order valence-electron chi connectivity index (χ1n) is 4.19. The fraction of sp³-hybridized carbons (Fsp3) is 0.125. The number of nitrogens with one attached hydrogen (secondary N) is 1. The number of nitrogens with zero attached hydrogens (tertiary/aromatic N) is 3. The van der Waals surface area contributed by atoms with E-state index in [0.29, 0.717) is 0 Å². The van der Waals surface area contributed by atoms with Gasteiger partial charge in [0.15, 0.2) is 10.1 Å². The van der Waals surface area contributed by atoms with Crippen LogP contribution in [0, 0.1) is 6.92 Å². The van der Waals surface area contributed by atoms with Crippen LogP contribution in [-0.4, -0.2) is 20.7 Å². The van der Waals surface area contributed by atoms with Gasteiger partial charge in [0.25, 0.3) is 0 Å². The molecular formula is C8H9N5S2. The Balaban J connectivity index is 2.33. The molecule has 0 unspecified atom stereocenters. The third-order valence-corrected chi connectivity index (χ3v) is 2.69. The first-order chi connectivity index (χ1) is 7.18. The molecule has 5 nitrogen and oxygen atoms in total. The lowest BCUT2D eigenvalue weighted by atomic mass is 10.4. The molecular weight excluding hydrogens is 230 g/mol. The summed E-state index contributed by atoms with van der Waals surface area (Å²) in [7, 11) is 0. The molecule has 0 saturated heterocycles. The molecule has 0 aliphatic carbocycles. The van der Waals surface area contributed by atoms with Gasteiger partial charge in [0, 0.05) is 11.6 Å². The number of thiocarbonyl (C=S) groups is 1. The molecule has 78 valence electrons. The lowest BCUT2D eigenvalue weighted by Crippen LogP contribution is -2.24. The molecule has 2 aromatic heterocycles. The van der Waals surface area contributed by atoms with E-state index in [1.807, 2.05) is 22.9 Å². The SMILES string of the molecule is Cc1nc2sccn2c1C=NNC(N)=S. The summed E-state index contributed by atoms with van der Waals surface area (Å²) in [5.41, 5.74) is 9.61. The zero-order valence-corrected chi connectivity index (χ0v) is 9.60. The van der Waals surface area contributed by atoms with E-state index in [4.69, 9.17) is 5.73 Å². The number of nitrogens with two attached hydrogens (primary N) is 1. The Bertz CT molecular complexity index is 524. The molecule has 15 heavy (non-hydrogen) atoms. The summed E-state index contributed by atoms with van der Waals surface area (Å²) < 4.78 is 1.96. The Hall–Kier alpha value is -1.47. The van der Waals surface area contributed by atoms with E-state index in [1.165, 1.54) is 0 Å². The van der Waals surface area contributed by atoms with Crippen LogP contribution in [0.3, 0.4) is 0 Å². The van der Waals surface area contributed by atoms with E-state index in [0.717, 1.165) is 16.3 Å². The van der Waals surface area contributed by atoms with Crippen LogP contribution in [0.15, 0.2) is 16.7 Å². The number of fused-ring (bicyclic) bond motifs is 1. The Kier molecular flexibility index (Phi) is 2.65. The lowest BCUT2D eigenvalue weighted by molar-refractivity contribution is 1.03. The van der Waals surface area contributed by atoms with E-state index < -0.39 is 0 Å². The van der Waals surface area contributed by atoms with Gasteiger partial charge in [0.1, 0.15) is 0 Å². The summed E-state index contributed by atoms with van der Waals surface area (Å²) in [5, 5.41) is 6.03. The highest BCUT2D eigenvalue weighted by molar-refractivity contribution is 7.80. The summed E-state index contributed by atoms with van der Waals surface area (Å²) in [6, 6.07) is 0. The highest BCUT2D eigenvalue weighted by atomic mass is 32.1. The van der Waals surface area contributed by atoms with Crippen molar-refractivity contribution in [2.24, 2.45) is 10.8 Å². The van der Waals surface area contributed by atoms with Crippen molar-refractivity contribution in [1.82, 2.24) is 14.8 Å². The van der Waals surface area contributed by atoms with Crippen molar-refractivity contribution >= 4 is 39.8 Å². The predicted molar refractivity (Wildman–Crippen MR) is 65.3 cm³/mol. The second kappa shape index (κ2) is 3.95. The van der Waals surface area contributed by atoms with E-state index in [-0.39, 0.29) is 5.11 Å². The smallest absolute Gasteiger partial charge is 0.194 e. The molecule has 0 spiro atoms. The number of rotatable bonds is 2. The van der Waals surface area contributed by atoms with Crippen molar-refractivity contribution in [3.05, 3.63) is 23.0 Å². The molecule has 0 saturated carbocycles. The van der Waals surface area contributed by atoms with Crippen molar-refractivity contribution < 1.29 is 0 Å². The summed E-state index contributed by atoms with van der Waals surface area (Å²) >= 11 is 6.22. The zero-order valence-electron chi connectivity index (χ0n) is 7.97. The Morgan fingerprint density at radius 1 is 1.80 bits per heavy atom. The van der Waals surface area contributed by atoms with Gasteiger partial charge in [-0.15, -0.1) is 11.3 Å². The van der Waals surface area contributed by atoms with Crippen LogP contribution < -0.4 is 11.2 Å². The van der Waals surface area contributed by atoms with E-state index in [1.54, 1.807) is 17.6 Å². The van der Waals surface area contributed by atoms with Crippen LogP contribution in [0.5, 0.6) is 0 Å². The van der Waals surface area contributed by atoms with Crippen molar-refractivity contribution in [2.75, 3.05) is 0 Å². The van der Waals surface area contributed by atoms with Gasteiger partial charge in [-0.25, -0.2) is 4.98 Å². The monoisotopic (exact) mass is 239 g/mol. The van der Waals surface area contributed by atoms with Gasteiger partial charge in [-0.2, -0.15) is 5.10 Å². The van der Waals surface area contributed by atoms with Crippen molar-refractivity contribution in [1.29, 1.82) is 0 Å². The standard InChI is InChI=1S/C8H9N5S2/c1-5-6(4-10-12-7(9)14)13-2-3-15-8(13)11-5/h2-4H,1H3,(H3,9,12,14). The number of thiazole rings is 1. The topological polar surface area (TPSA) is 67.7 Å². The van der Waals surface area contributed by atoms with Crippen LogP contribution >= 0.6 is 23.6 Å². The lowest BCUT2D eigenvalue weighted by Gasteiger charge is -1.94. The number of aromatic nitrogens is 2. The molecule has 0 bridgehead atoms. The molecule has 0 amide bonds. The number of hydrogen-bond donors (Lipinski definition) is 2. The number of hydrogen-bond acceptors (Lipinski definition) is 4. The van der Waals surface area contributed by atoms with Crippen LogP contribution in [0.1, 0.15) is 11.4 Å². The van der Waals surface area contributed by atoms with Gasteiger partial charge in [0.05, 0.1) is 17.6 Å². The first kappa shape index (κ1) is 10.1. The number of hydrazone groups is 1. The number of imidazole rings is 1. The van der Waals surface area contributed by atoms with Crippen LogP contribution in [0.25, 0.3) is 4.96 Å². The largest absolute Gasteiger partial charge is 0.375 e. The highest BCUT2D eigenvalue weighted by Gasteiger charge is 2.06. The molecule has 2 aromatic rings. The van der Waals surface area contributed by atoms with Gasteiger partial charge in [-0.3, -0.25) is 9.83 Å². The predicted octanol–water partition coefficient (Wildman–Crippen LogP) is 0.871. The maximum atomic E-state index is 5.25. The molecule has 0 aromatic carbocycles. The zero-order chi connectivity index (χ0) is 10.8. The average molecular weight is 239 g/mol. The quantitative estimate of drug-likeness (QED) is 0.463. The minimum absolute atomic E-state index is 0.148. The van der Waals surface area contributed by atoms with E-state index >= 15 is 0 Å². The molecule has 3 N–H and O–H groups in total. The minimum Gasteiger partial charge on any atom is -0.375 e. The number of aryl methyl sites for hydroxylation is 1. The Morgan fingerprint density at radius 2 is 2.60 bits per heavy atom. The third-order valence-electron chi connectivity index (χ3n) is 1.84. The van der Waals surface area contributed by atoms with E-state index in [2.05, 4.69) is 27.7 Å². The van der Waals surface area contributed by atoms with Gasteiger partial charge in [0.2, 0.25) is 0 Å². The van der Waals surface area contributed by atoms with E-state index in [9.17, 15) is 0 Å². The molecule has 0 atom stereocenters. The van der Waals surface area contributed by atoms with Crippen LogP contribution in [0.4, 0.5) is 0 Å². The summed E-state index contributed by atoms with van der Waals surface area (Å²) in [6.45, 7) is 1.93. The Morgan fingerprint density at radius 3 is 3.33 bits per heavy atom. The molecule has 7 heteroatoms. The minimum atomic E-state index is 0.148. The average Bonchev–Trinajstić information content (AvgIpc) is 2.68. The summed E-state index contributed by atoms with van der Waals surface area (Å²) in [4.78, 5) is 5.32. The van der Waals surface area contributed by atoms with Crippen LogP contribution in [-0.2, 0) is 0 Å². The summed E-state index contributed by atoms with van der Waals surface area (Å²) in [6.07, 6.45) is 3.60. The van der Waals surface area contributed by atoms with Crippen molar-refractivity contribution in [2.45, 2.75) is 6.92 Å². The van der Waals surface area contributed by atoms with Crippen molar-refractivity contribution in [3.8, 4) is 0 Å². The fourth-order valence-corrected chi connectivity index (χ4v) is 2.04. The molecule has 2 rings (SSSR count). The highest BCUT2D eigenvalue weighted by Crippen LogP contribution is 2.14. The molecule has 2 heterocycles. The van der Waals surface area contributed by atoms with Gasteiger partial charge in [-0.1, -0.05) is 0 Å². The second-order valence-corrected chi connectivity index (χ2v) is 4.19. The summed E-state index contributed by atoms with van der Waals surface area (Å²) in [5.74, 6) is 0. The fourth-order valence-electron chi connectivity index (χ4n) is 1.22.